The molecule has 5 rings (SSSR count). The van der Waals surface area contributed by atoms with Crippen LogP contribution in [-0.4, -0.2) is 190 Å². The van der Waals surface area contributed by atoms with Crippen LogP contribution in [0.5, 0.6) is 0 Å². The van der Waals surface area contributed by atoms with E-state index in [1.54, 1.807) is 49.4 Å². The number of furan rings is 1. The highest BCUT2D eigenvalue weighted by molar-refractivity contribution is 7.80. The van der Waals surface area contributed by atoms with Crippen molar-refractivity contribution in [3.63, 3.8) is 0 Å². The van der Waals surface area contributed by atoms with E-state index in [4.69, 9.17) is 21.6 Å². The molecule has 0 unspecified atom stereocenters. The van der Waals surface area contributed by atoms with Gasteiger partial charge in [-0.2, -0.15) is 25.8 Å². The standard InChI is InChI=1S/C63H85F3N12O10S/c1-3-29-72(41-60(85)77(46(2)49-21-8-5-9-22-49)43-58(83)74(31-15-13-28-68)39-56(81)73(30-14-12-27-67)38-54(79)71-53(45-89)62(69)87)57(82)40-76(37-52-26-17-32-88-52)59(84)44-78(51-24-10-11-25-51)61(86)42-75(36-48-20-16-23-50(33-48)63(64,65)66)55(80)35-70-34-47-18-6-4-7-19-47/h3-9,16-23,26,32-33,46,51,53,70,89H,1,10-15,24-25,27-31,34-45,67-68H2,2H3,(H2,69,87)(H,71,79)/t46-,53+/m1/s1. The molecule has 2 atom stereocenters. The number of unbranched alkanes of at least 4 members (excludes halogenated alkanes) is 2. The fourth-order valence-corrected chi connectivity index (χ4v) is 10.4. The Kier molecular flexibility index (Phi) is 29.8. The van der Waals surface area contributed by atoms with Gasteiger partial charge in [0, 0.05) is 44.5 Å². The molecule has 8 N–H and O–H groups in total. The Hall–Kier alpha value is -8.07. The van der Waals surface area contributed by atoms with Gasteiger partial charge < -0.3 is 66.6 Å². The topological polar surface area (TPSA) is 292 Å². The molecule has 26 heteroatoms. The third kappa shape index (κ3) is 23.8. The summed E-state index contributed by atoms with van der Waals surface area (Å²) >= 11 is 4.09. The molecule has 0 radical (unpaired) electrons. The number of nitrogens with two attached hydrogens (primary N) is 3. The summed E-state index contributed by atoms with van der Waals surface area (Å²) in [7, 11) is 0. The van der Waals surface area contributed by atoms with Crippen molar-refractivity contribution in [1.29, 1.82) is 0 Å². The van der Waals surface area contributed by atoms with Crippen molar-refractivity contribution in [1.82, 2.24) is 44.9 Å². The number of nitrogens with zero attached hydrogens (tertiary/aromatic N) is 7. The Morgan fingerprint density at radius 2 is 1.21 bits per heavy atom. The number of thiol groups is 1. The number of carbonyl (C=O) groups is 9. The molecule has 0 aliphatic heterocycles. The second kappa shape index (κ2) is 37.1. The van der Waals surface area contributed by atoms with E-state index in [1.165, 1.54) is 53.9 Å². The van der Waals surface area contributed by atoms with Gasteiger partial charge in [-0.3, -0.25) is 43.2 Å². The van der Waals surface area contributed by atoms with Crippen LogP contribution in [0.3, 0.4) is 0 Å². The van der Waals surface area contributed by atoms with E-state index in [1.807, 2.05) is 30.3 Å². The highest BCUT2D eigenvalue weighted by Gasteiger charge is 2.36. The minimum Gasteiger partial charge on any atom is -0.467 e. The van der Waals surface area contributed by atoms with Gasteiger partial charge in [0.05, 0.1) is 44.0 Å². The number of halogens is 3. The zero-order chi connectivity index (χ0) is 64.9. The normalized spacial score (nSPS) is 12.9. The van der Waals surface area contributed by atoms with Gasteiger partial charge in [-0.15, -0.1) is 6.58 Å². The first-order valence-corrected chi connectivity index (χ1v) is 30.5. The summed E-state index contributed by atoms with van der Waals surface area (Å²) in [5.41, 5.74) is 17.7. The van der Waals surface area contributed by atoms with E-state index in [-0.39, 0.29) is 69.4 Å². The van der Waals surface area contributed by atoms with E-state index < -0.39 is 129 Å². The van der Waals surface area contributed by atoms with Crippen LogP contribution in [0.4, 0.5) is 13.2 Å². The molecule has 0 saturated heterocycles. The van der Waals surface area contributed by atoms with E-state index >= 15 is 0 Å². The fraction of sp³-hybridized carbons (Fsp3) is 0.476. The largest absolute Gasteiger partial charge is 0.467 e. The van der Waals surface area contributed by atoms with Crippen LogP contribution in [0.25, 0.3) is 0 Å². The summed E-state index contributed by atoms with van der Waals surface area (Å²) in [6.45, 7) is 1.51. The van der Waals surface area contributed by atoms with Gasteiger partial charge in [0.1, 0.15) is 44.5 Å². The zero-order valence-corrected chi connectivity index (χ0v) is 51.4. The summed E-state index contributed by atoms with van der Waals surface area (Å²) in [5, 5.41) is 5.53. The molecule has 1 saturated carbocycles. The predicted molar refractivity (Wildman–Crippen MR) is 331 cm³/mol. The van der Waals surface area contributed by atoms with Gasteiger partial charge in [-0.25, -0.2) is 0 Å². The molecule has 1 aliphatic carbocycles. The van der Waals surface area contributed by atoms with Gasteiger partial charge >= 0.3 is 6.18 Å². The zero-order valence-electron chi connectivity index (χ0n) is 50.5. The lowest BCUT2D eigenvalue weighted by atomic mass is 10.1. The van der Waals surface area contributed by atoms with Crippen LogP contribution in [0.1, 0.15) is 92.3 Å². The van der Waals surface area contributed by atoms with Crippen molar-refractivity contribution < 1.29 is 60.7 Å². The number of alkyl halides is 3. The van der Waals surface area contributed by atoms with Crippen LogP contribution in [0.2, 0.25) is 0 Å². The number of hydrogen-bond donors (Lipinski definition) is 6. The number of primary amides is 1. The average Bonchev–Trinajstić information content (AvgIpc) is 4.18. The van der Waals surface area contributed by atoms with E-state index in [0.717, 1.165) is 35.4 Å². The van der Waals surface area contributed by atoms with Gasteiger partial charge in [0.25, 0.3) is 0 Å². The third-order valence-corrected chi connectivity index (χ3v) is 15.5. The minimum atomic E-state index is -4.68. The molecule has 89 heavy (non-hydrogen) atoms. The molecule has 0 bridgehead atoms. The molecule has 1 aliphatic rings. The Morgan fingerprint density at radius 3 is 1.81 bits per heavy atom. The lowest BCUT2D eigenvalue weighted by Crippen LogP contribution is -2.53. The van der Waals surface area contributed by atoms with Gasteiger partial charge in [0.2, 0.25) is 53.2 Å². The molecule has 1 aromatic heterocycles. The molecule has 1 fully saturated rings. The summed E-state index contributed by atoms with van der Waals surface area (Å²) in [6.07, 6.45) is 2.36. The van der Waals surface area contributed by atoms with E-state index in [2.05, 4.69) is 29.8 Å². The van der Waals surface area contributed by atoms with Crippen LogP contribution >= 0.6 is 12.6 Å². The third-order valence-electron chi connectivity index (χ3n) is 15.1. The number of benzene rings is 3. The molecule has 3 aromatic carbocycles. The molecule has 9 amide bonds. The number of nitrogens with one attached hydrogen (secondary N) is 2. The van der Waals surface area contributed by atoms with Crippen LogP contribution in [0, 0.1) is 0 Å². The summed E-state index contributed by atoms with van der Waals surface area (Å²) in [5.74, 6) is -5.87. The van der Waals surface area contributed by atoms with E-state index in [9.17, 15) is 56.3 Å². The maximum absolute atomic E-state index is 14.9. The van der Waals surface area contributed by atoms with Crippen molar-refractivity contribution >= 4 is 65.8 Å². The Balaban J connectivity index is 1.40. The summed E-state index contributed by atoms with van der Waals surface area (Å²) in [4.78, 5) is 136. The number of rotatable bonds is 38. The SMILES string of the molecule is C=CCN(CC(=O)N(CC(=O)N(CCCCN)CC(=O)N(CCCCN)CC(=O)N[C@@H](CS)C(N)=O)[C@H](C)c1ccccc1)C(=O)CN(Cc1ccco1)C(=O)CN(C(=O)CN(Cc1cccc(C(F)(F)F)c1)C(=O)CNCc1ccccc1)C1CCCC1. The highest BCUT2D eigenvalue weighted by atomic mass is 32.1. The first-order chi connectivity index (χ1) is 42.6. The molecule has 1 heterocycles. The second-order valence-electron chi connectivity index (χ2n) is 21.8. The maximum atomic E-state index is 14.9. The summed E-state index contributed by atoms with van der Waals surface area (Å²) in [6, 6.07) is 23.3. The van der Waals surface area contributed by atoms with Gasteiger partial charge in [-0.1, -0.05) is 91.7 Å². The van der Waals surface area contributed by atoms with Crippen LogP contribution in [-0.2, 0) is 69.0 Å². The second-order valence-corrected chi connectivity index (χ2v) is 22.2. The molecular formula is C63H85F3N12O10S. The molecule has 4 aromatic rings. The van der Waals surface area contributed by atoms with Gasteiger partial charge in [0.15, 0.2) is 0 Å². The van der Waals surface area contributed by atoms with Crippen molar-refractivity contribution in [3.8, 4) is 0 Å². The molecular weight excluding hydrogens is 1170 g/mol. The monoisotopic (exact) mass is 1260 g/mol. The Labute approximate surface area is 523 Å². The fourth-order valence-electron chi connectivity index (χ4n) is 10.2. The number of carbonyl (C=O) groups excluding carboxylic acids is 9. The Morgan fingerprint density at radius 1 is 0.652 bits per heavy atom. The van der Waals surface area contributed by atoms with Gasteiger partial charge in [-0.05, 0) is 99.5 Å². The lowest BCUT2D eigenvalue weighted by molar-refractivity contribution is -0.150. The first-order valence-electron chi connectivity index (χ1n) is 29.8. The maximum Gasteiger partial charge on any atom is 0.416 e. The van der Waals surface area contributed by atoms with Crippen molar-refractivity contribution in [3.05, 3.63) is 144 Å². The first kappa shape index (κ1) is 71.7. The van der Waals surface area contributed by atoms with Crippen LogP contribution < -0.4 is 27.8 Å². The van der Waals surface area contributed by atoms with Crippen molar-refractivity contribution in [2.75, 3.05) is 90.8 Å². The molecule has 22 nitrogen and oxygen atoms in total. The minimum absolute atomic E-state index is 0.0446. The predicted octanol–water partition coefficient (Wildman–Crippen LogP) is 3.86. The lowest BCUT2D eigenvalue weighted by Gasteiger charge is -2.35. The average molecular weight is 1260 g/mol. The Bertz CT molecular complexity index is 2940. The summed E-state index contributed by atoms with van der Waals surface area (Å²) < 4.78 is 47.3. The molecule has 484 valence electrons. The smallest absolute Gasteiger partial charge is 0.416 e. The molecule has 0 spiro atoms. The quantitative estimate of drug-likeness (QED) is 0.0212. The van der Waals surface area contributed by atoms with Crippen molar-refractivity contribution in [2.45, 2.75) is 102 Å². The number of amides is 9. The van der Waals surface area contributed by atoms with Crippen LogP contribution in [0.15, 0.2) is 120 Å². The number of hydrogen-bond acceptors (Lipinski definition) is 14. The van der Waals surface area contributed by atoms with Crippen molar-refractivity contribution in [2.24, 2.45) is 17.2 Å². The highest BCUT2D eigenvalue weighted by Crippen LogP contribution is 2.30. The van der Waals surface area contributed by atoms with E-state index in [0.29, 0.717) is 50.6 Å².